The molecule has 1 aliphatic rings. The predicted octanol–water partition coefficient (Wildman–Crippen LogP) is 1.75. The van der Waals surface area contributed by atoms with E-state index < -0.39 is 29.0 Å². The third kappa shape index (κ3) is 2.23. The monoisotopic (exact) mass is 259 g/mol. The van der Waals surface area contributed by atoms with E-state index in [0.29, 0.717) is 0 Å². The molecule has 0 saturated carbocycles. The largest absolute Gasteiger partial charge is 0.198 e. The van der Waals surface area contributed by atoms with Gasteiger partial charge in [-0.1, -0.05) is 19.2 Å². The van der Waals surface area contributed by atoms with Gasteiger partial charge in [-0.05, 0) is 5.92 Å². The summed E-state index contributed by atoms with van der Waals surface area (Å²) in [4.78, 5) is 0. The van der Waals surface area contributed by atoms with E-state index in [-0.39, 0.29) is 11.1 Å². The van der Waals surface area contributed by atoms with Crippen molar-refractivity contribution in [2.24, 2.45) is 23.7 Å². The molecule has 0 N–H and O–H groups in total. The van der Waals surface area contributed by atoms with E-state index in [9.17, 15) is 21.0 Å². The molecule has 1 rings (SSSR count). The number of allylic oxidation sites excluding steroid dienone is 2. The minimum atomic E-state index is -1.03. The van der Waals surface area contributed by atoms with E-state index in [1.165, 1.54) is 0 Å². The van der Waals surface area contributed by atoms with Crippen molar-refractivity contribution in [3.05, 3.63) is 11.1 Å². The summed E-state index contributed by atoms with van der Waals surface area (Å²) in [7, 11) is 6.04. The van der Waals surface area contributed by atoms with Gasteiger partial charge in [-0.25, -0.2) is 0 Å². The lowest BCUT2D eigenvalue weighted by Crippen LogP contribution is -2.40. The lowest BCUT2D eigenvalue weighted by Gasteiger charge is -2.42. The van der Waals surface area contributed by atoms with Gasteiger partial charge in [0.1, 0.15) is 0 Å². The maximum atomic E-state index is 9.33. The molecule has 0 aromatic carbocycles. The zero-order valence-corrected chi connectivity index (χ0v) is 11.1. The van der Waals surface area contributed by atoms with Crippen LogP contribution in [0, 0.1) is 80.3 Å². The third-order valence-corrected chi connectivity index (χ3v) is 3.54. The number of nitrogens with zero attached hydrogens (tertiary/aromatic N) is 5. The Kier molecular flexibility index (Phi) is 4.20. The summed E-state index contributed by atoms with van der Waals surface area (Å²) in [5.74, 6) is -3.56. The second kappa shape index (κ2) is 5.49. The van der Waals surface area contributed by atoms with Crippen molar-refractivity contribution in [3.63, 3.8) is 0 Å². The minimum Gasteiger partial charge on any atom is -0.198 e. The van der Waals surface area contributed by atoms with Gasteiger partial charge in [-0.3, -0.25) is 0 Å². The molecule has 94 valence electrons. The molecule has 0 spiro atoms. The second-order valence-electron chi connectivity index (χ2n) is 5.27. The van der Waals surface area contributed by atoms with E-state index in [4.69, 9.17) is 13.1 Å². The molecule has 0 aromatic heterocycles. The summed E-state index contributed by atoms with van der Waals surface area (Å²) in [6.45, 7) is 3.29. The van der Waals surface area contributed by atoms with Crippen molar-refractivity contribution in [2.75, 3.05) is 0 Å². The molecule has 4 unspecified atom stereocenters. The average molecular weight is 259 g/mol. The van der Waals surface area contributed by atoms with Gasteiger partial charge in [-0.15, -0.1) is 0 Å². The molecule has 0 aliphatic heterocycles. The van der Waals surface area contributed by atoms with Gasteiger partial charge in [0, 0.05) is 0 Å². The van der Waals surface area contributed by atoms with Crippen LogP contribution in [0.2, 0.25) is 5.31 Å². The van der Waals surface area contributed by atoms with Crippen LogP contribution in [0.4, 0.5) is 0 Å². The summed E-state index contributed by atoms with van der Waals surface area (Å²) in [5.41, 5.74) is -0.134. The lowest BCUT2D eigenvalue weighted by atomic mass is 9.50. The standard InChI is InChI=1S/C14H10BN5/c1-14(2,15)13-11(6-19)9(4-17)8(3-16)10(5-18)12(13)7-20/h9,11-13H,1-2H3. The molecule has 5 nitrogen and oxygen atoms in total. The van der Waals surface area contributed by atoms with Crippen LogP contribution in [-0.4, -0.2) is 7.85 Å². The molecule has 0 fully saturated rings. The fourth-order valence-electron chi connectivity index (χ4n) is 2.71. The molecule has 0 amide bonds. The predicted molar refractivity (Wildman–Crippen MR) is 68.8 cm³/mol. The SMILES string of the molecule is [B]C(C)(C)C1C(C#N)C(C#N)=C(C#N)C(C#N)C1C#N. The van der Waals surface area contributed by atoms with Crippen molar-refractivity contribution in [1.29, 1.82) is 26.3 Å². The number of nitriles is 5. The quantitative estimate of drug-likeness (QED) is 0.664. The van der Waals surface area contributed by atoms with E-state index in [1.807, 2.05) is 24.3 Å². The Hall–Kier alpha value is -2.75. The van der Waals surface area contributed by atoms with Gasteiger partial charge in [0.15, 0.2) is 0 Å². The summed E-state index contributed by atoms with van der Waals surface area (Å²) < 4.78 is 0. The highest BCUT2D eigenvalue weighted by atomic mass is 14.5. The maximum Gasteiger partial charge on any atom is 0.0984 e. The van der Waals surface area contributed by atoms with Crippen LogP contribution < -0.4 is 0 Å². The number of rotatable bonds is 1. The maximum absolute atomic E-state index is 9.33. The Labute approximate surface area is 119 Å². The zero-order chi connectivity index (χ0) is 15.5. The lowest BCUT2D eigenvalue weighted by molar-refractivity contribution is 0.232. The zero-order valence-electron chi connectivity index (χ0n) is 11.1. The molecule has 0 heterocycles. The van der Waals surface area contributed by atoms with Crippen molar-refractivity contribution in [2.45, 2.75) is 19.2 Å². The highest BCUT2D eigenvalue weighted by Gasteiger charge is 2.49. The van der Waals surface area contributed by atoms with Gasteiger partial charge in [0.25, 0.3) is 0 Å². The van der Waals surface area contributed by atoms with E-state index in [2.05, 4.69) is 0 Å². The molecule has 2 radical (unpaired) electrons. The molecule has 4 atom stereocenters. The van der Waals surface area contributed by atoms with Gasteiger partial charge in [0.05, 0.1) is 67.1 Å². The summed E-state index contributed by atoms with van der Waals surface area (Å²) in [5, 5.41) is 45.3. The molecule has 0 bridgehead atoms. The topological polar surface area (TPSA) is 119 Å². The van der Waals surface area contributed by atoms with Crippen LogP contribution in [-0.2, 0) is 0 Å². The number of hydrogen-bond acceptors (Lipinski definition) is 5. The van der Waals surface area contributed by atoms with Crippen LogP contribution in [0.15, 0.2) is 11.1 Å². The average Bonchev–Trinajstić information content (AvgIpc) is 2.42. The molecule has 0 aromatic rings. The van der Waals surface area contributed by atoms with Crippen LogP contribution in [0.5, 0.6) is 0 Å². The van der Waals surface area contributed by atoms with Gasteiger partial charge in [0.2, 0.25) is 0 Å². The first kappa shape index (κ1) is 15.3. The summed E-state index contributed by atoms with van der Waals surface area (Å²) in [6, 6.07) is 9.48. The Morgan fingerprint density at radius 1 is 0.850 bits per heavy atom. The molecule has 1 aliphatic carbocycles. The van der Waals surface area contributed by atoms with E-state index in [0.717, 1.165) is 0 Å². The fourth-order valence-corrected chi connectivity index (χ4v) is 2.71. The molecule has 0 saturated heterocycles. The third-order valence-electron chi connectivity index (χ3n) is 3.54. The van der Waals surface area contributed by atoms with Crippen molar-refractivity contribution in [1.82, 2.24) is 0 Å². The van der Waals surface area contributed by atoms with Crippen LogP contribution in [0.1, 0.15) is 13.8 Å². The van der Waals surface area contributed by atoms with E-state index >= 15 is 0 Å². The van der Waals surface area contributed by atoms with Crippen molar-refractivity contribution < 1.29 is 0 Å². The number of hydrogen-bond donors (Lipinski definition) is 0. The highest BCUT2D eigenvalue weighted by Crippen LogP contribution is 2.51. The fraction of sp³-hybridized carbons (Fsp3) is 0.500. The summed E-state index contributed by atoms with van der Waals surface area (Å²) in [6.07, 6.45) is 0. The minimum absolute atomic E-state index is 0.0448. The summed E-state index contributed by atoms with van der Waals surface area (Å²) >= 11 is 0. The Morgan fingerprint density at radius 3 is 1.60 bits per heavy atom. The van der Waals surface area contributed by atoms with Crippen LogP contribution in [0.3, 0.4) is 0 Å². The molecular formula is C14H10BN5. The smallest absolute Gasteiger partial charge is 0.0984 e. The van der Waals surface area contributed by atoms with Crippen LogP contribution >= 0.6 is 0 Å². The first-order valence-corrected chi connectivity index (χ1v) is 5.89. The Bertz CT molecular complexity index is 651. The van der Waals surface area contributed by atoms with E-state index in [1.54, 1.807) is 19.9 Å². The first-order chi connectivity index (χ1) is 9.37. The highest BCUT2D eigenvalue weighted by molar-refractivity contribution is 6.15. The normalized spacial score (nSPS) is 29.2. The Morgan fingerprint density at radius 2 is 1.30 bits per heavy atom. The van der Waals surface area contributed by atoms with Crippen molar-refractivity contribution in [3.8, 4) is 30.3 Å². The molecular weight excluding hydrogens is 249 g/mol. The van der Waals surface area contributed by atoms with Crippen LogP contribution in [0.25, 0.3) is 0 Å². The van der Waals surface area contributed by atoms with Gasteiger partial charge < -0.3 is 0 Å². The molecule has 20 heavy (non-hydrogen) atoms. The van der Waals surface area contributed by atoms with Gasteiger partial charge in [-0.2, -0.15) is 26.3 Å². The second-order valence-corrected chi connectivity index (χ2v) is 5.27. The van der Waals surface area contributed by atoms with Crippen molar-refractivity contribution >= 4 is 7.85 Å². The Balaban J connectivity index is 3.70. The van der Waals surface area contributed by atoms with Gasteiger partial charge >= 0.3 is 0 Å². The molecule has 6 heteroatoms. The first-order valence-electron chi connectivity index (χ1n) is 5.89.